The highest BCUT2D eigenvalue weighted by atomic mass is 16.6. The van der Waals surface area contributed by atoms with Gasteiger partial charge in [-0.1, -0.05) is 27.7 Å². The van der Waals surface area contributed by atoms with Gasteiger partial charge in [-0.2, -0.15) is 0 Å². The topological polar surface area (TPSA) is 105 Å². The van der Waals surface area contributed by atoms with Crippen LogP contribution in [0.4, 0.5) is 0 Å². The van der Waals surface area contributed by atoms with Gasteiger partial charge in [0.1, 0.15) is 13.2 Å². The minimum Gasteiger partial charge on any atom is -0.469 e. The van der Waals surface area contributed by atoms with Crippen LogP contribution in [0, 0.1) is 10.8 Å². The zero-order chi connectivity index (χ0) is 20.4. The molecule has 0 unspecified atom stereocenters. The third-order valence-electron chi connectivity index (χ3n) is 3.56. The monoisotopic (exact) mass is 374 g/mol. The zero-order valence-corrected chi connectivity index (χ0v) is 16.5. The van der Waals surface area contributed by atoms with E-state index < -0.39 is 34.7 Å². The third-order valence-corrected chi connectivity index (χ3v) is 3.56. The first-order valence-electron chi connectivity index (χ1n) is 8.36. The lowest BCUT2D eigenvalue weighted by Gasteiger charge is -2.22. The van der Waals surface area contributed by atoms with E-state index in [1.807, 2.05) is 0 Å². The molecule has 0 heterocycles. The Balaban J connectivity index is 4.11. The molecule has 0 aromatic heterocycles. The smallest absolute Gasteiger partial charge is 0.306 e. The van der Waals surface area contributed by atoms with Crippen molar-refractivity contribution in [3.8, 4) is 0 Å². The Bertz CT molecular complexity index is 461. The number of hydrogen-bond acceptors (Lipinski definition) is 8. The number of carbonyl (C=O) groups is 4. The number of hydrogen-bond donors (Lipinski definition) is 0. The summed E-state index contributed by atoms with van der Waals surface area (Å²) in [5.41, 5.74) is -1.17. The Morgan fingerprint density at radius 2 is 0.846 bits per heavy atom. The summed E-state index contributed by atoms with van der Waals surface area (Å²) in [5.74, 6) is -1.76. The standard InChI is InChI=1S/C18H30O8/c1-17(2,9-13(19)23-5)11-15(21)25-7-8-26-16(22)12-18(3,4)10-14(20)24-6/h7-12H2,1-6H3. The highest BCUT2D eigenvalue weighted by molar-refractivity contribution is 5.74. The fourth-order valence-corrected chi connectivity index (χ4v) is 2.25. The van der Waals surface area contributed by atoms with E-state index in [0.29, 0.717) is 0 Å². The first-order chi connectivity index (χ1) is 11.9. The summed E-state index contributed by atoms with van der Waals surface area (Å²) in [6, 6.07) is 0. The average Bonchev–Trinajstić information content (AvgIpc) is 2.49. The van der Waals surface area contributed by atoms with Crippen LogP contribution in [-0.2, 0) is 38.1 Å². The molecule has 0 aliphatic heterocycles. The molecule has 0 saturated carbocycles. The molecule has 0 atom stereocenters. The average molecular weight is 374 g/mol. The van der Waals surface area contributed by atoms with Gasteiger partial charge in [-0.3, -0.25) is 19.2 Å². The Hall–Kier alpha value is -2.12. The Morgan fingerprint density at radius 1 is 0.577 bits per heavy atom. The van der Waals surface area contributed by atoms with Crippen LogP contribution >= 0.6 is 0 Å². The van der Waals surface area contributed by atoms with E-state index in [-0.39, 0.29) is 38.9 Å². The number of carbonyl (C=O) groups excluding carboxylic acids is 4. The van der Waals surface area contributed by atoms with Gasteiger partial charge in [0.2, 0.25) is 0 Å². The van der Waals surface area contributed by atoms with Gasteiger partial charge in [0.05, 0.1) is 39.9 Å². The van der Waals surface area contributed by atoms with E-state index in [0.717, 1.165) is 0 Å². The van der Waals surface area contributed by atoms with Gasteiger partial charge in [0.15, 0.2) is 0 Å². The van der Waals surface area contributed by atoms with Crippen molar-refractivity contribution in [2.45, 2.75) is 53.4 Å². The van der Waals surface area contributed by atoms with Gasteiger partial charge in [-0.25, -0.2) is 0 Å². The van der Waals surface area contributed by atoms with E-state index in [1.165, 1.54) is 14.2 Å². The summed E-state index contributed by atoms with van der Waals surface area (Å²) >= 11 is 0. The van der Waals surface area contributed by atoms with Crippen molar-refractivity contribution in [2.24, 2.45) is 10.8 Å². The lowest BCUT2D eigenvalue weighted by Crippen LogP contribution is -2.25. The maximum atomic E-state index is 11.8. The Kier molecular flexibility index (Phi) is 9.90. The van der Waals surface area contributed by atoms with Crippen LogP contribution in [0.3, 0.4) is 0 Å². The molecule has 0 spiro atoms. The molecule has 0 aromatic carbocycles. The van der Waals surface area contributed by atoms with Crippen LogP contribution in [0.1, 0.15) is 53.4 Å². The molecule has 0 amide bonds. The summed E-state index contributed by atoms with van der Waals surface area (Å²) in [7, 11) is 2.58. The van der Waals surface area contributed by atoms with Gasteiger partial charge in [0, 0.05) is 0 Å². The predicted molar refractivity (Wildman–Crippen MR) is 92.0 cm³/mol. The van der Waals surface area contributed by atoms with Crippen molar-refractivity contribution in [1.82, 2.24) is 0 Å². The van der Waals surface area contributed by atoms with E-state index in [2.05, 4.69) is 9.47 Å². The van der Waals surface area contributed by atoms with Crippen LogP contribution in [0.25, 0.3) is 0 Å². The first-order valence-corrected chi connectivity index (χ1v) is 8.36. The first kappa shape index (κ1) is 23.9. The summed E-state index contributed by atoms with van der Waals surface area (Å²) in [6.45, 7) is 6.89. The molecule has 0 radical (unpaired) electrons. The van der Waals surface area contributed by atoms with E-state index in [9.17, 15) is 19.2 Å². The molecule has 0 saturated heterocycles. The van der Waals surface area contributed by atoms with Gasteiger partial charge in [-0.05, 0) is 10.8 Å². The quantitative estimate of drug-likeness (QED) is 0.307. The molecule has 8 heteroatoms. The van der Waals surface area contributed by atoms with Crippen molar-refractivity contribution >= 4 is 23.9 Å². The van der Waals surface area contributed by atoms with Crippen molar-refractivity contribution in [2.75, 3.05) is 27.4 Å². The van der Waals surface area contributed by atoms with Gasteiger partial charge in [0.25, 0.3) is 0 Å². The van der Waals surface area contributed by atoms with Crippen molar-refractivity contribution in [3.63, 3.8) is 0 Å². The zero-order valence-electron chi connectivity index (χ0n) is 16.5. The number of methoxy groups -OCH3 is 2. The van der Waals surface area contributed by atoms with Crippen LogP contribution < -0.4 is 0 Å². The molecule has 0 aliphatic rings. The minimum absolute atomic E-state index is 0.0439. The Labute approximate surface area is 154 Å². The number of esters is 4. The Morgan fingerprint density at radius 3 is 1.12 bits per heavy atom. The molecule has 0 aromatic rings. The molecular weight excluding hydrogens is 344 g/mol. The molecule has 0 bridgehead atoms. The summed E-state index contributed by atoms with van der Waals surface area (Å²) in [4.78, 5) is 46.1. The molecule has 0 fully saturated rings. The maximum absolute atomic E-state index is 11.8. The highest BCUT2D eigenvalue weighted by Crippen LogP contribution is 2.27. The summed E-state index contributed by atoms with van der Waals surface area (Å²) < 4.78 is 19.2. The molecule has 0 rings (SSSR count). The molecule has 0 N–H and O–H groups in total. The largest absolute Gasteiger partial charge is 0.469 e. The van der Waals surface area contributed by atoms with E-state index >= 15 is 0 Å². The maximum Gasteiger partial charge on any atom is 0.306 e. The van der Waals surface area contributed by atoms with Gasteiger partial charge >= 0.3 is 23.9 Å². The van der Waals surface area contributed by atoms with Crippen molar-refractivity contribution in [3.05, 3.63) is 0 Å². The van der Waals surface area contributed by atoms with Crippen LogP contribution in [0.5, 0.6) is 0 Å². The van der Waals surface area contributed by atoms with Gasteiger partial charge in [-0.15, -0.1) is 0 Å². The summed E-state index contributed by atoms with van der Waals surface area (Å²) in [5, 5.41) is 0. The molecule has 8 nitrogen and oxygen atoms in total. The lowest BCUT2D eigenvalue weighted by atomic mass is 9.86. The van der Waals surface area contributed by atoms with E-state index in [1.54, 1.807) is 27.7 Å². The fraction of sp³-hybridized carbons (Fsp3) is 0.778. The number of ether oxygens (including phenoxy) is 4. The summed E-state index contributed by atoms with van der Waals surface area (Å²) in [6.07, 6.45) is 0.288. The second kappa shape index (κ2) is 10.8. The fourth-order valence-electron chi connectivity index (χ4n) is 2.25. The second-order valence-electron chi connectivity index (χ2n) is 7.63. The molecular formula is C18H30O8. The van der Waals surface area contributed by atoms with E-state index in [4.69, 9.17) is 9.47 Å². The SMILES string of the molecule is COC(=O)CC(C)(C)CC(=O)OCCOC(=O)CC(C)(C)CC(=O)OC. The molecule has 26 heavy (non-hydrogen) atoms. The second-order valence-corrected chi connectivity index (χ2v) is 7.63. The van der Waals surface area contributed by atoms with Crippen LogP contribution in [-0.4, -0.2) is 51.3 Å². The normalized spacial score (nSPS) is 11.5. The van der Waals surface area contributed by atoms with Crippen LogP contribution in [0.15, 0.2) is 0 Å². The molecule has 0 aliphatic carbocycles. The predicted octanol–water partition coefficient (Wildman–Crippen LogP) is 2.03. The lowest BCUT2D eigenvalue weighted by molar-refractivity contribution is -0.156. The van der Waals surface area contributed by atoms with Crippen molar-refractivity contribution in [1.29, 1.82) is 0 Å². The van der Waals surface area contributed by atoms with Gasteiger partial charge < -0.3 is 18.9 Å². The third kappa shape index (κ3) is 11.4. The van der Waals surface area contributed by atoms with Crippen LogP contribution in [0.2, 0.25) is 0 Å². The number of rotatable bonds is 11. The minimum atomic E-state index is -0.585. The van der Waals surface area contributed by atoms with Crippen molar-refractivity contribution < 1.29 is 38.1 Å². The highest BCUT2D eigenvalue weighted by Gasteiger charge is 2.28. The molecule has 150 valence electrons.